The van der Waals surface area contributed by atoms with Gasteiger partial charge in [-0.05, 0) is 19.1 Å². The van der Waals surface area contributed by atoms with Crippen LogP contribution < -0.4 is 5.32 Å². The van der Waals surface area contributed by atoms with E-state index in [9.17, 15) is 0 Å². The number of fused-ring (bicyclic) bond motifs is 1. The lowest BCUT2D eigenvalue weighted by atomic mass is 10.1. The van der Waals surface area contributed by atoms with E-state index in [-0.39, 0.29) is 0 Å². The van der Waals surface area contributed by atoms with Crippen LogP contribution in [0.5, 0.6) is 0 Å². The predicted octanol–water partition coefficient (Wildman–Crippen LogP) is 3.48. The summed E-state index contributed by atoms with van der Waals surface area (Å²) in [4.78, 5) is 0. The molecule has 1 N–H and O–H groups in total. The van der Waals surface area contributed by atoms with Crippen molar-refractivity contribution in [1.82, 2.24) is 15.1 Å². The molecule has 0 radical (unpaired) electrons. The fraction of sp³-hybridized carbons (Fsp3) is 0.353. The maximum Gasteiger partial charge on any atom is 0.134 e. The van der Waals surface area contributed by atoms with E-state index in [1.165, 1.54) is 10.9 Å². The van der Waals surface area contributed by atoms with Crippen LogP contribution >= 0.6 is 0 Å². The average molecular weight is 283 g/mol. The van der Waals surface area contributed by atoms with E-state index in [4.69, 9.17) is 4.42 Å². The number of nitrogens with zero attached hydrogens (tertiary/aromatic N) is 2. The van der Waals surface area contributed by atoms with E-state index >= 15 is 0 Å². The van der Waals surface area contributed by atoms with Gasteiger partial charge in [0.15, 0.2) is 0 Å². The lowest BCUT2D eigenvalue weighted by Gasteiger charge is -2.09. The first kappa shape index (κ1) is 13.9. The Hall–Kier alpha value is -2.07. The van der Waals surface area contributed by atoms with Gasteiger partial charge in [-0.25, -0.2) is 0 Å². The SMILES string of the molecule is Cc1ccn(Cc2oc3ccccc3c2CNC(C)C)n1. The first-order chi connectivity index (χ1) is 10.1. The second-order valence-corrected chi connectivity index (χ2v) is 5.69. The van der Waals surface area contributed by atoms with Gasteiger partial charge >= 0.3 is 0 Å². The molecule has 0 saturated carbocycles. The third-order valence-electron chi connectivity index (χ3n) is 3.55. The van der Waals surface area contributed by atoms with Crippen molar-refractivity contribution in [2.75, 3.05) is 0 Å². The molecule has 0 fully saturated rings. The first-order valence-electron chi connectivity index (χ1n) is 7.36. The van der Waals surface area contributed by atoms with Gasteiger partial charge in [-0.1, -0.05) is 32.0 Å². The molecule has 0 aliphatic carbocycles. The summed E-state index contributed by atoms with van der Waals surface area (Å²) in [5, 5.41) is 9.12. The summed E-state index contributed by atoms with van der Waals surface area (Å²) in [6.07, 6.45) is 1.99. The molecule has 3 rings (SSSR count). The highest BCUT2D eigenvalue weighted by Gasteiger charge is 2.14. The van der Waals surface area contributed by atoms with Gasteiger partial charge in [0.05, 0.1) is 12.2 Å². The van der Waals surface area contributed by atoms with Crippen LogP contribution in [0.1, 0.15) is 30.9 Å². The molecule has 4 heteroatoms. The minimum absolute atomic E-state index is 0.443. The zero-order valence-corrected chi connectivity index (χ0v) is 12.8. The van der Waals surface area contributed by atoms with Crippen molar-refractivity contribution in [1.29, 1.82) is 0 Å². The van der Waals surface area contributed by atoms with Gasteiger partial charge in [0, 0.05) is 29.7 Å². The van der Waals surface area contributed by atoms with E-state index in [1.807, 2.05) is 36.0 Å². The van der Waals surface area contributed by atoms with Gasteiger partial charge in [-0.15, -0.1) is 0 Å². The number of rotatable bonds is 5. The number of aryl methyl sites for hydroxylation is 1. The van der Waals surface area contributed by atoms with Crippen molar-refractivity contribution in [3.8, 4) is 0 Å². The van der Waals surface area contributed by atoms with Crippen LogP contribution in [0.3, 0.4) is 0 Å². The summed E-state index contributed by atoms with van der Waals surface area (Å²) in [7, 11) is 0. The van der Waals surface area contributed by atoms with E-state index in [2.05, 4.69) is 36.4 Å². The molecule has 0 amide bonds. The number of hydrogen-bond acceptors (Lipinski definition) is 3. The second-order valence-electron chi connectivity index (χ2n) is 5.69. The molecule has 0 saturated heterocycles. The molecule has 21 heavy (non-hydrogen) atoms. The van der Waals surface area contributed by atoms with Crippen LogP contribution in [0.4, 0.5) is 0 Å². The Kier molecular flexibility index (Phi) is 3.80. The van der Waals surface area contributed by atoms with E-state index in [0.717, 1.165) is 23.6 Å². The quantitative estimate of drug-likeness (QED) is 0.779. The standard InChI is InChI=1S/C17H21N3O/c1-12(2)18-10-15-14-6-4-5-7-16(14)21-17(15)11-20-9-8-13(3)19-20/h4-9,12,18H,10-11H2,1-3H3. The molecule has 0 aliphatic heterocycles. The number of furan rings is 1. The van der Waals surface area contributed by atoms with Crippen molar-refractivity contribution in [2.24, 2.45) is 0 Å². The number of aromatic nitrogens is 2. The Morgan fingerprint density at radius 2 is 2.05 bits per heavy atom. The van der Waals surface area contributed by atoms with E-state index < -0.39 is 0 Å². The molecule has 0 spiro atoms. The van der Waals surface area contributed by atoms with Crippen molar-refractivity contribution in [3.63, 3.8) is 0 Å². The molecule has 0 bridgehead atoms. The largest absolute Gasteiger partial charge is 0.459 e. The topological polar surface area (TPSA) is 43.0 Å². The summed E-state index contributed by atoms with van der Waals surface area (Å²) in [6.45, 7) is 7.77. The molecule has 2 heterocycles. The molecule has 0 atom stereocenters. The lowest BCUT2D eigenvalue weighted by Crippen LogP contribution is -2.22. The number of benzene rings is 1. The molecule has 2 aromatic heterocycles. The summed E-state index contributed by atoms with van der Waals surface area (Å²) in [5.74, 6) is 0.979. The molecule has 0 unspecified atom stereocenters. The molecule has 0 aliphatic rings. The summed E-state index contributed by atoms with van der Waals surface area (Å²) in [5.41, 5.74) is 3.19. The second kappa shape index (κ2) is 5.74. The Bertz CT molecular complexity index is 739. The van der Waals surface area contributed by atoms with Gasteiger partial charge in [0.25, 0.3) is 0 Å². The smallest absolute Gasteiger partial charge is 0.134 e. The first-order valence-corrected chi connectivity index (χ1v) is 7.36. The van der Waals surface area contributed by atoms with Gasteiger partial charge in [-0.3, -0.25) is 4.68 Å². The molecule has 4 nitrogen and oxygen atoms in total. The summed E-state index contributed by atoms with van der Waals surface area (Å²) in [6, 6.07) is 10.7. The van der Waals surface area contributed by atoms with Crippen LogP contribution in [0.25, 0.3) is 11.0 Å². The van der Waals surface area contributed by atoms with Crippen LogP contribution in [-0.2, 0) is 13.1 Å². The molecule has 3 aromatic rings. The van der Waals surface area contributed by atoms with E-state index in [0.29, 0.717) is 12.6 Å². The number of nitrogens with one attached hydrogen (secondary N) is 1. The van der Waals surface area contributed by atoms with Crippen LogP contribution in [0, 0.1) is 6.92 Å². The Morgan fingerprint density at radius 3 is 2.76 bits per heavy atom. The van der Waals surface area contributed by atoms with Crippen LogP contribution in [0.2, 0.25) is 0 Å². The Labute approximate surface area is 124 Å². The Morgan fingerprint density at radius 1 is 1.24 bits per heavy atom. The highest BCUT2D eigenvalue weighted by atomic mass is 16.3. The lowest BCUT2D eigenvalue weighted by molar-refractivity contribution is 0.494. The zero-order chi connectivity index (χ0) is 14.8. The van der Waals surface area contributed by atoms with Gasteiger partial charge in [0.2, 0.25) is 0 Å². The highest BCUT2D eigenvalue weighted by molar-refractivity contribution is 5.82. The highest BCUT2D eigenvalue weighted by Crippen LogP contribution is 2.26. The number of hydrogen-bond donors (Lipinski definition) is 1. The van der Waals surface area contributed by atoms with Crippen LogP contribution in [-0.4, -0.2) is 15.8 Å². The van der Waals surface area contributed by atoms with Gasteiger partial charge in [0.1, 0.15) is 11.3 Å². The van der Waals surface area contributed by atoms with E-state index in [1.54, 1.807) is 0 Å². The van der Waals surface area contributed by atoms with Crippen molar-refractivity contribution >= 4 is 11.0 Å². The molecular formula is C17H21N3O. The molecule has 1 aromatic carbocycles. The maximum absolute atomic E-state index is 6.04. The van der Waals surface area contributed by atoms with Gasteiger partial charge in [-0.2, -0.15) is 5.10 Å². The monoisotopic (exact) mass is 283 g/mol. The molecular weight excluding hydrogens is 262 g/mol. The van der Waals surface area contributed by atoms with Gasteiger partial charge < -0.3 is 9.73 Å². The van der Waals surface area contributed by atoms with Crippen molar-refractivity contribution in [3.05, 3.63) is 53.5 Å². The van der Waals surface area contributed by atoms with Crippen molar-refractivity contribution in [2.45, 2.75) is 39.9 Å². The third-order valence-corrected chi connectivity index (χ3v) is 3.55. The fourth-order valence-corrected chi connectivity index (χ4v) is 2.48. The van der Waals surface area contributed by atoms with Crippen molar-refractivity contribution < 1.29 is 4.42 Å². The average Bonchev–Trinajstić information content (AvgIpc) is 3.00. The predicted molar refractivity (Wildman–Crippen MR) is 84.3 cm³/mol. The maximum atomic E-state index is 6.04. The van der Waals surface area contributed by atoms with Crippen LogP contribution in [0.15, 0.2) is 40.9 Å². The fourth-order valence-electron chi connectivity index (χ4n) is 2.48. The minimum atomic E-state index is 0.443. The number of para-hydroxylation sites is 1. The normalized spacial score (nSPS) is 11.6. The minimum Gasteiger partial charge on any atom is -0.459 e. The third kappa shape index (κ3) is 3.00. The summed E-state index contributed by atoms with van der Waals surface area (Å²) < 4.78 is 7.97. The Balaban J connectivity index is 1.97. The summed E-state index contributed by atoms with van der Waals surface area (Å²) >= 11 is 0. The molecule has 110 valence electrons. The zero-order valence-electron chi connectivity index (χ0n) is 12.8.